The van der Waals surface area contributed by atoms with Crippen molar-refractivity contribution in [2.45, 2.75) is 44.6 Å². The Morgan fingerprint density at radius 3 is 3.00 bits per heavy atom. The molecule has 2 heterocycles. The third-order valence-electron chi connectivity index (χ3n) is 5.21. The molecule has 3 N–H and O–H groups in total. The zero-order valence-electron chi connectivity index (χ0n) is 14.3. The van der Waals surface area contributed by atoms with E-state index in [2.05, 4.69) is 35.1 Å². The zero-order chi connectivity index (χ0) is 16.2. The quantitative estimate of drug-likeness (QED) is 0.858. The number of H-pyrrole nitrogens is 1. The van der Waals surface area contributed by atoms with E-state index in [1.54, 1.807) is 7.11 Å². The molecule has 1 aliphatic rings. The first-order valence-electron chi connectivity index (χ1n) is 8.87. The van der Waals surface area contributed by atoms with Crippen LogP contribution in [-0.2, 0) is 0 Å². The van der Waals surface area contributed by atoms with Gasteiger partial charge in [-0.1, -0.05) is 13.3 Å². The first-order chi connectivity index (χ1) is 11.3. The molecule has 23 heavy (non-hydrogen) atoms. The Morgan fingerprint density at radius 2 is 2.26 bits per heavy atom. The lowest BCUT2D eigenvalue weighted by Gasteiger charge is -2.40. The topological polar surface area (TPSA) is 54.3 Å². The Hall–Kier alpha value is -1.52. The average Bonchev–Trinajstić information content (AvgIpc) is 3.00. The van der Waals surface area contributed by atoms with Crippen LogP contribution in [0.4, 0.5) is 0 Å². The molecule has 4 nitrogen and oxygen atoms in total. The molecule has 1 aliphatic heterocycles. The van der Waals surface area contributed by atoms with Crippen molar-refractivity contribution >= 4 is 10.9 Å². The molecule has 0 spiro atoms. The third-order valence-corrected chi connectivity index (χ3v) is 5.21. The first kappa shape index (κ1) is 16.3. The lowest BCUT2D eigenvalue weighted by atomic mass is 9.85. The number of nitrogens with one attached hydrogen (secondary N) is 1. The second-order valence-corrected chi connectivity index (χ2v) is 6.60. The van der Waals surface area contributed by atoms with E-state index >= 15 is 0 Å². The lowest BCUT2D eigenvalue weighted by molar-refractivity contribution is 0.127. The fourth-order valence-electron chi connectivity index (χ4n) is 4.08. The van der Waals surface area contributed by atoms with E-state index in [1.165, 1.54) is 49.7 Å². The van der Waals surface area contributed by atoms with Crippen LogP contribution in [0, 0.1) is 0 Å². The van der Waals surface area contributed by atoms with E-state index < -0.39 is 0 Å². The highest BCUT2D eigenvalue weighted by molar-refractivity contribution is 5.85. The summed E-state index contributed by atoms with van der Waals surface area (Å²) < 4.78 is 5.41. The maximum atomic E-state index is 6.24. The highest BCUT2D eigenvalue weighted by Gasteiger charge is 2.31. The Balaban J connectivity index is 1.96. The number of fused-ring (bicyclic) bond motifs is 1. The van der Waals surface area contributed by atoms with Crippen molar-refractivity contribution < 1.29 is 4.74 Å². The van der Waals surface area contributed by atoms with Crippen LogP contribution in [0.5, 0.6) is 5.75 Å². The number of piperidine rings is 1. The normalized spacial score (nSPS) is 20.7. The summed E-state index contributed by atoms with van der Waals surface area (Å²) in [5.74, 6) is 1.28. The molecule has 0 aliphatic carbocycles. The average molecular weight is 315 g/mol. The predicted molar refractivity (Wildman–Crippen MR) is 96.1 cm³/mol. The number of hydrogen-bond acceptors (Lipinski definition) is 3. The van der Waals surface area contributed by atoms with E-state index in [4.69, 9.17) is 10.5 Å². The fraction of sp³-hybridized carbons (Fsp3) is 0.579. The van der Waals surface area contributed by atoms with Crippen molar-refractivity contribution in [1.29, 1.82) is 0 Å². The van der Waals surface area contributed by atoms with Crippen LogP contribution < -0.4 is 10.5 Å². The van der Waals surface area contributed by atoms with Gasteiger partial charge in [-0.05, 0) is 56.1 Å². The monoisotopic (exact) mass is 315 g/mol. The summed E-state index contributed by atoms with van der Waals surface area (Å²) >= 11 is 0. The number of hydrogen-bond donors (Lipinski definition) is 2. The maximum absolute atomic E-state index is 6.24. The van der Waals surface area contributed by atoms with Crippen LogP contribution in [0.1, 0.15) is 44.1 Å². The highest BCUT2D eigenvalue weighted by atomic mass is 16.5. The van der Waals surface area contributed by atoms with Gasteiger partial charge in [-0.25, -0.2) is 0 Å². The molecule has 0 bridgehead atoms. The van der Waals surface area contributed by atoms with E-state index in [0.29, 0.717) is 18.5 Å². The standard InChI is InChI=1S/C19H29N3O/c1-3-9-22-10-5-4-6-19(22)16(12-20)17-13-21-18-8-7-14(23-2)11-15(17)18/h7-8,11,13,16,19,21H,3-6,9-10,12,20H2,1-2H3. The number of likely N-dealkylation sites (tertiary alicyclic amines) is 1. The van der Waals surface area contributed by atoms with E-state index in [-0.39, 0.29) is 0 Å². The number of aromatic amines is 1. The van der Waals surface area contributed by atoms with Gasteiger partial charge in [-0.15, -0.1) is 0 Å². The minimum absolute atomic E-state index is 0.378. The summed E-state index contributed by atoms with van der Waals surface area (Å²) in [6, 6.07) is 6.79. The molecule has 126 valence electrons. The van der Waals surface area contributed by atoms with Gasteiger partial charge >= 0.3 is 0 Å². The van der Waals surface area contributed by atoms with Crippen molar-refractivity contribution in [3.8, 4) is 5.75 Å². The third kappa shape index (κ3) is 3.24. The fourth-order valence-corrected chi connectivity index (χ4v) is 4.08. The minimum Gasteiger partial charge on any atom is -0.497 e. The summed E-state index contributed by atoms with van der Waals surface area (Å²) in [4.78, 5) is 6.06. The van der Waals surface area contributed by atoms with Gasteiger partial charge in [0.25, 0.3) is 0 Å². The van der Waals surface area contributed by atoms with Crippen molar-refractivity contribution in [1.82, 2.24) is 9.88 Å². The lowest BCUT2D eigenvalue weighted by Crippen LogP contribution is -2.45. The molecule has 1 aromatic heterocycles. The molecule has 3 rings (SSSR count). The van der Waals surface area contributed by atoms with Crippen LogP contribution >= 0.6 is 0 Å². The summed E-state index contributed by atoms with van der Waals surface area (Å²) in [7, 11) is 1.72. The predicted octanol–water partition coefficient (Wildman–Crippen LogP) is 3.48. The SMILES string of the molecule is CCCN1CCCCC1C(CN)c1c[nH]c2ccc(OC)cc12. The van der Waals surface area contributed by atoms with E-state index in [0.717, 1.165) is 11.3 Å². The zero-order valence-corrected chi connectivity index (χ0v) is 14.3. The molecule has 2 atom stereocenters. The number of rotatable bonds is 6. The van der Waals surface area contributed by atoms with Gasteiger partial charge in [0.15, 0.2) is 0 Å². The number of ether oxygens (including phenoxy) is 1. The van der Waals surface area contributed by atoms with Crippen molar-refractivity contribution in [3.05, 3.63) is 30.0 Å². The van der Waals surface area contributed by atoms with Crippen molar-refractivity contribution in [3.63, 3.8) is 0 Å². The van der Waals surface area contributed by atoms with Gasteiger partial charge < -0.3 is 15.5 Å². The molecular weight excluding hydrogens is 286 g/mol. The molecule has 2 unspecified atom stereocenters. The summed E-state index contributed by atoms with van der Waals surface area (Å²) in [5.41, 5.74) is 8.75. The first-order valence-corrected chi connectivity index (χ1v) is 8.87. The molecule has 4 heteroatoms. The van der Waals surface area contributed by atoms with Crippen LogP contribution in [0.2, 0.25) is 0 Å². The van der Waals surface area contributed by atoms with Crippen LogP contribution in [0.25, 0.3) is 10.9 Å². The second kappa shape index (κ2) is 7.37. The van der Waals surface area contributed by atoms with Gasteiger partial charge in [0.2, 0.25) is 0 Å². The number of nitrogens with two attached hydrogens (primary N) is 1. The van der Waals surface area contributed by atoms with Crippen LogP contribution in [0.15, 0.2) is 24.4 Å². The number of methoxy groups -OCH3 is 1. The van der Waals surface area contributed by atoms with Gasteiger partial charge in [0.05, 0.1) is 7.11 Å². The number of nitrogens with zero attached hydrogens (tertiary/aromatic N) is 1. The van der Waals surface area contributed by atoms with Crippen molar-refractivity contribution in [2.75, 3.05) is 26.7 Å². The molecular formula is C19H29N3O. The van der Waals surface area contributed by atoms with E-state index in [1.807, 2.05) is 6.07 Å². The molecule has 0 amide bonds. The van der Waals surface area contributed by atoms with Gasteiger partial charge in [-0.2, -0.15) is 0 Å². The molecule has 0 saturated carbocycles. The summed E-state index contributed by atoms with van der Waals surface area (Å²) in [5, 5.41) is 1.25. The highest BCUT2D eigenvalue weighted by Crippen LogP contribution is 2.35. The molecule has 1 fully saturated rings. The van der Waals surface area contributed by atoms with Crippen molar-refractivity contribution in [2.24, 2.45) is 5.73 Å². The smallest absolute Gasteiger partial charge is 0.119 e. The summed E-state index contributed by atoms with van der Waals surface area (Å²) in [6.45, 7) is 5.34. The van der Waals surface area contributed by atoms with Crippen LogP contribution in [0.3, 0.4) is 0 Å². The molecule has 1 saturated heterocycles. The molecule has 1 aromatic carbocycles. The largest absolute Gasteiger partial charge is 0.497 e. The maximum Gasteiger partial charge on any atom is 0.119 e. The Morgan fingerprint density at radius 1 is 1.39 bits per heavy atom. The van der Waals surface area contributed by atoms with Crippen LogP contribution in [-0.4, -0.2) is 42.7 Å². The Kier molecular flexibility index (Phi) is 5.23. The molecule has 2 aromatic rings. The minimum atomic E-state index is 0.378. The number of aromatic nitrogens is 1. The van der Waals surface area contributed by atoms with Gasteiger partial charge in [-0.3, -0.25) is 4.90 Å². The van der Waals surface area contributed by atoms with E-state index in [9.17, 15) is 0 Å². The Labute approximate surface area is 139 Å². The van der Waals surface area contributed by atoms with Gasteiger partial charge in [0.1, 0.15) is 5.75 Å². The summed E-state index contributed by atoms with van der Waals surface area (Å²) in [6.07, 6.45) is 7.23. The van der Waals surface area contributed by atoms with Gasteiger partial charge in [0, 0.05) is 35.6 Å². The molecule has 0 radical (unpaired) electrons. The second-order valence-electron chi connectivity index (χ2n) is 6.60. The number of benzene rings is 1. The Bertz CT molecular complexity index is 635.